The Hall–Kier alpha value is -1.63. The molecule has 2 rings (SSSR count). The van der Waals surface area contributed by atoms with E-state index in [1.54, 1.807) is 0 Å². The van der Waals surface area contributed by atoms with Crippen LogP contribution in [0.25, 0.3) is 0 Å². The summed E-state index contributed by atoms with van der Waals surface area (Å²) < 4.78 is 0. The van der Waals surface area contributed by atoms with E-state index in [-0.39, 0.29) is 0 Å². The highest BCUT2D eigenvalue weighted by atomic mass is 14.7. The van der Waals surface area contributed by atoms with Crippen LogP contribution in [0.4, 0.5) is 0 Å². The molecule has 0 saturated carbocycles. The number of nitrogens with zero attached hydrogens (tertiary/aromatic N) is 1. The van der Waals surface area contributed by atoms with Crippen molar-refractivity contribution in [3.8, 4) is 0 Å². The average Bonchev–Trinajstić information content (AvgIpc) is 2.50. The maximum Gasteiger partial charge on any atom is 0.0266 e. The van der Waals surface area contributed by atoms with E-state index >= 15 is 0 Å². The number of hydrogen-bond donors (Lipinski definition) is 0. The van der Waals surface area contributed by atoms with E-state index < -0.39 is 0 Å². The highest BCUT2D eigenvalue weighted by Gasteiger charge is 1.97. The van der Waals surface area contributed by atoms with E-state index in [9.17, 15) is 0 Å². The second-order valence-electron chi connectivity index (χ2n) is 3.82. The summed E-state index contributed by atoms with van der Waals surface area (Å²) in [6.45, 7) is 2.11. The van der Waals surface area contributed by atoms with Crippen molar-refractivity contribution < 1.29 is 0 Å². The predicted molar refractivity (Wildman–Crippen MR) is 65.2 cm³/mol. The molecule has 1 aromatic carbocycles. The minimum absolute atomic E-state index is 0.939. The Bertz CT molecular complexity index is 407. The zero-order chi connectivity index (χ0) is 10.5. The molecule has 0 aliphatic carbocycles. The zero-order valence-corrected chi connectivity index (χ0v) is 8.98. The Labute approximate surface area is 90.9 Å². The number of rotatable bonds is 2. The van der Waals surface area contributed by atoms with Gasteiger partial charge in [-0.2, -0.15) is 0 Å². The van der Waals surface area contributed by atoms with Gasteiger partial charge in [0, 0.05) is 18.8 Å². The van der Waals surface area contributed by atoms with Crippen LogP contribution in [0.3, 0.4) is 0 Å². The molecule has 0 aromatic heterocycles. The molecule has 1 aliphatic heterocycles. The molecule has 0 spiro atoms. The summed E-state index contributed by atoms with van der Waals surface area (Å²) in [6, 6.07) is 8.70. The lowest BCUT2D eigenvalue weighted by Gasteiger charge is -2.02. The maximum absolute atomic E-state index is 4.12. The van der Waals surface area contributed by atoms with Gasteiger partial charge in [-0.3, -0.25) is 4.99 Å². The van der Waals surface area contributed by atoms with E-state index in [4.69, 9.17) is 0 Å². The lowest BCUT2D eigenvalue weighted by molar-refractivity contribution is 1.18. The summed E-state index contributed by atoms with van der Waals surface area (Å²) in [6.07, 6.45) is 10.1. The van der Waals surface area contributed by atoms with Crippen molar-refractivity contribution in [1.29, 1.82) is 0 Å². The van der Waals surface area contributed by atoms with Gasteiger partial charge in [-0.1, -0.05) is 35.9 Å². The van der Waals surface area contributed by atoms with Gasteiger partial charge < -0.3 is 0 Å². The summed E-state index contributed by atoms with van der Waals surface area (Å²) in [7, 11) is 0. The number of aryl methyl sites for hydroxylation is 1. The highest BCUT2D eigenvalue weighted by Crippen LogP contribution is 2.12. The summed E-state index contributed by atoms with van der Waals surface area (Å²) in [5, 5.41) is 0. The largest absolute Gasteiger partial charge is 0.269 e. The fraction of sp³-hybridized carbons (Fsp3) is 0.214. The van der Waals surface area contributed by atoms with Gasteiger partial charge >= 0.3 is 0 Å². The minimum Gasteiger partial charge on any atom is -0.269 e. The monoisotopic (exact) mass is 197 g/mol. The molecule has 0 N–H and O–H groups in total. The van der Waals surface area contributed by atoms with Crippen molar-refractivity contribution in [2.45, 2.75) is 19.8 Å². The van der Waals surface area contributed by atoms with Gasteiger partial charge in [-0.25, -0.2) is 0 Å². The summed E-state index contributed by atoms with van der Waals surface area (Å²) in [5.41, 5.74) is 4.02. The molecule has 0 fully saturated rings. The maximum atomic E-state index is 4.12. The molecule has 0 bridgehead atoms. The first-order valence-electron chi connectivity index (χ1n) is 5.27. The predicted octanol–water partition coefficient (Wildman–Crippen LogP) is 3.45. The minimum atomic E-state index is 0.939. The number of aliphatic imine (C=N–C) groups is 1. The molecule has 0 saturated heterocycles. The van der Waals surface area contributed by atoms with Gasteiger partial charge in [-0.15, -0.1) is 0 Å². The van der Waals surface area contributed by atoms with Gasteiger partial charge in [0.25, 0.3) is 0 Å². The van der Waals surface area contributed by atoms with E-state index in [1.807, 2.05) is 12.4 Å². The van der Waals surface area contributed by atoms with Crippen LogP contribution in [0, 0.1) is 6.92 Å². The molecule has 1 aromatic rings. The third-order valence-corrected chi connectivity index (χ3v) is 2.49. The summed E-state index contributed by atoms with van der Waals surface area (Å²) >= 11 is 0. The van der Waals surface area contributed by atoms with E-state index in [0.717, 1.165) is 12.8 Å². The van der Waals surface area contributed by atoms with Gasteiger partial charge in [-0.05, 0) is 30.6 Å². The Kier molecular flexibility index (Phi) is 3.13. The van der Waals surface area contributed by atoms with Crippen molar-refractivity contribution in [2.24, 2.45) is 4.99 Å². The molecular formula is C14H15N. The van der Waals surface area contributed by atoms with Crippen LogP contribution in [0.5, 0.6) is 0 Å². The second kappa shape index (κ2) is 4.74. The second-order valence-corrected chi connectivity index (χ2v) is 3.82. The fourth-order valence-electron chi connectivity index (χ4n) is 1.61. The molecule has 1 aliphatic rings. The smallest absolute Gasteiger partial charge is 0.0266 e. The van der Waals surface area contributed by atoms with Crippen LogP contribution in [-0.2, 0) is 6.42 Å². The van der Waals surface area contributed by atoms with E-state index in [2.05, 4.69) is 48.3 Å². The highest BCUT2D eigenvalue weighted by molar-refractivity contribution is 5.62. The van der Waals surface area contributed by atoms with E-state index in [0.29, 0.717) is 0 Å². The Morgan fingerprint density at radius 3 is 2.80 bits per heavy atom. The molecule has 1 heterocycles. The fourth-order valence-corrected chi connectivity index (χ4v) is 1.61. The van der Waals surface area contributed by atoms with E-state index in [1.165, 1.54) is 16.7 Å². The molecule has 1 nitrogen and oxygen atoms in total. The molecule has 0 atom stereocenters. The lowest BCUT2D eigenvalue weighted by Crippen LogP contribution is -1.88. The van der Waals surface area contributed by atoms with Crippen molar-refractivity contribution in [2.75, 3.05) is 0 Å². The Morgan fingerprint density at radius 2 is 2.00 bits per heavy atom. The normalized spacial score (nSPS) is 14.9. The first-order chi connectivity index (χ1) is 7.34. The van der Waals surface area contributed by atoms with Gasteiger partial charge in [0.15, 0.2) is 0 Å². The SMILES string of the molecule is Cc1ccc(CC2=CCC=NC=C2)cc1. The van der Waals surface area contributed by atoms with Gasteiger partial charge in [0.1, 0.15) is 0 Å². The summed E-state index contributed by atoms with van der Waals surface area (Å²) in [4.78, 5) is 4.12. The number of allylic oxidation sites excluding steroid dienone is 3. The summed E-state index contributed by atoms with van der Waals surface area (Å²) in [5.74, 6) is 0. The van der Waals surface area contributed by atoms with Crippen LogP contribution in [0.15, 0.2) is 53.2 Å². The van der Waals surface area contributed by atoms with Crippen molar-refractivity contribution in [3.63, 3.8) is 0 Å². The molecule has 0 unspecified atom stereocenters. The third-order valence-electron chi connectivity index (χ3n) is 2.49. The zero-order valence-electron chi connectivity index (χ0n) is 8.98. The Morgan fingerprint density at radius 1 is 1.20 bits per heavy atom. The van der Waals surface area contributed by atoms with Crippen LogP contribution in [0.2, 0.25) is 0 Å². The van der Waals surface area contributed by atoms with Crippen LogP contribution >= 0.6 is 0 Å². The molecular weight excluding hydrogens is 182 g/mol. The number of hydrogen-bond acceptors (Lipinski definition) is 1. The average molecular weight is 197 g/mol. The molecule has 1 heteroatoms. The quantitative estimate of drug-likeness (QED) is 0.688. The van der Waals surface area contributed by atoms with Crippen LogP contribution in [-0.4, -0.2) is 6.21 Å². The van der Waals surface area contributed by atoms with Crippen molar-refractivity contribution in [3.05, 3.63) is 59.3 Å². The first-order valence-corrected chi connectivity index (χ1v) is 5.27. The van der Waals surface area contributed by atoms with Crippen molar-refractivity contribution in [1.82, 2.24) is 0 Å². The first kappa shape index (κ1) is 9.91. The van der Waals surface area contributed by atoms with Gasteiger partial charge in [0.2, 0.25) is 0 Å². The topological polar surface area (TPSA) is 12.4 Å². The standard InChI is InChI=1S/C14H15N/c1-12-4-6-14(7-5-12)11-13-3-2-9-15-10-8-13/h3-10H,2,11H2,1H3. The lowest BCUT2D eigenvalue weighted by atomic mass is 10.0. The third kappa shape index (κ3) is 2.91. The van der Waals surface area contributed by atoms with Crippen LogP contribution in [0.1, 0.15) is 17.5 Å². The van der Waals surface area contributed by atoms with Crippen LogP contribution < -0.4 is 0 Å². The molecule has 0 amide bonds. The van der Waals surface area contributed by atoms with Crippen molar-refractivity contribution >= 4 is 6.21 Å². The molecule has 0 radical (unpaired) electrons. The molecule has 76 valence electrons. The Balaban J connectivity index is 2.08. The number of benzene rings is 1. The molecule has 15 heavy (non-hydrogen) atoms. The van der Waals surface area contributed by atoms with Gasteiger partial charge in [0.05, 0.1) is 0 Å².